The average molecular weight is 354 g/mol. The number of hydrogen-bond acceptors (Lipinski definition) is 2. The lowest BCUT2D eigenvalue weighted by Crippen LogP contribution is -2.32. The predicted octanol–water partition coefficient (Wildman–Crippen LogP) is 5.33. The number of rotatable bonds is 5. The fourth-order valence-electron chi connectivity index (χ4n) is 3.29. The third-order valence-corrected chi connectivity index (χ3v) is 4.84. The van der Waals surface area contributed by atoms with E-state index in [9.17, 15) is 4.79 Å². The maximum atomic E-state index is 12.8. The van der Waals surface area contributed by atoms with Gasteiger partial charge in [0, 0.05) is 12.6 Å². The summed E-state index contributed by atoms with van der Waals surface area (Å²) < 4.78 is 0. The normalized spacial score (nSPS) is 12.0. The van der Waals surface area contributed by atoms with E-state index in [1.165, 1.54) is 0 Å². The number of carbonyl (C=O) groups is 1. The molecule has 3 nitrogen and oxygen atoms in total. The lowest BCUT2D eigenvalue weighted by molar-refractivity contribution is -0.127. The van der Waals surface area contributed by atoms with Gasteiger partial charge in [0.1, 0.15) is 0 Å². The Kier molecular flexibility index (Phi) is 5.68. The quantitative estimate of drug-likeness (QED) is 0.581. The SMILES string of the molecule is CCN(C(=O)/C=C/c1cccc2ccccc12)C(C)c1ccc(C#N)cc1. The van der Waals surface area contributed by atoms with Gasteiger partial charge in [-0.1, -0.05) is 54.6 Å². The van der Waals surface area contributed by atoms with Crippen LogP contribution in [0.25, 0.3) is 16.8 Å². The minimum atomic E-state index is -0.0626. The van der Waals surface area contributed by atoms with Crippen molar-refractivity contribution in [2.75, 3.05) is 6.54 Å². The first kappa shape index (κ1) is 18.4. The van der Waals surface area contributed by atoms with Gasteiger partial charge in [0.25, 0.3) is 0 Å². The van der Waals surface area contributed by atoms with Crippen molar-refractivity contribution in [1.82, 2.24) is 4.90 Å². The van der Waals surface area contributed by atoms with E-state index < -0.39 is 0 Å². The van der Waals surface area contributed by atoms with E-state index in [1.54, 1.807) is 18.2 Å². The third kappa shape index (κ3) is 4.07. The minimum absolute atomic E-state index is 0.0257. The number of hydrogen-bond donors (Lipinski definition) is 0. The molecule has 1 amide bonds. The Hall–Kier alpha value is -3.38. The molecule has 0 fully saturated rings. The summed E-state index contributed by atoms with van der Waals surface area (Å²) in [7, 11) is 0. The molecule has 3 heteroatoms. The molecule has 3 aromatic rings. The second-order valence-electron chi connectivity index (χ2n) is 6.44. The van der Waals surface area contributed by atoms with Gasteiger partial charge in [-0.15, -0.1) is 0 Å². The van der Waals surface area contributed by atoms with E-state index in [1.807, 2.05) is 61.2 Å². The van der Waals surface area contributed by atoms with Crippen molar-refractivity contribution in [2.45, 2.75) is 19.9 Å². The molecule has 0 aliphatic heterocycles. The molecule has 0 saturated heterocycles. The fourth-order valence-corrected chi connectivity index (χ4v) is 3.29. The van der Waals surface area contributed by atoms with Crippen molar-refractivity contribution in [2.24, 2.45) is 0 Å². The van der Waals surface area contributed by atoms with Crippen LogP contribution in [-0.4, -0.2) is 17.4 Å². The topological polar surface area (TPSA) is 44.1 Å². The molecule has 27 heavy (non-hydrogen) atoms. The summed E-state index contributed by atoms with van der Waals surface area (Å²) in [4.78, 5) is 14.6. The maximum absolute atomic E-state index is 12.8. The minimum Gasteiger partial charge on any atom is -0.333 e. The molecule has 1 atom stereocenters. The molecule has 134 valence electrons. The Bertz CT molecular complexity index is 1010. The van der Waals surface area contributed by atoms with Gasteiger partial charge in [-0.05, 0) is 54.0 Å². The van der Waals surface area contributed by atoms with Gasteiger partial charge in [0.2, 0.25) is 5.91 Å². The van der Waals surface area contributed by atoms with E-state index in [2.05, 4.69) is 24.3 Å². The van der Waals surface area contributed by atoms with Gasteiger partial charge in [-0.2, -0.15) is 5.26 Å². The van der Waals surface area contributed by atoms with Crippen molar-refractivity contribution < 1.29 is 4.79 Å². The van der Waals surface area contributed by atoms with Crippen LogP contribution in [0.2, 0.25) is 0 Å². The van der Waals surface area contributed by atoms with E-state index in [4.69, 9.17) is 5.26 Å². The smallest absolute Gasteiger partial charge is 0.247 e. The largest absolute Gasteiger partial charge is 0.333 e. The highest BCUT2D eigenvalue weighted by Crippen LogP contribution is 2.22. The zero-order valence-electron chi connectivity index (χ0n) is 15.6. The van der Waals surface area contributed by atoms with Gasteiger partial charge >= 0.3 is 0 Å². The molecule has 0 N–H and O–H groups in total. The summed E-state index contributed by atoms with van der Waals surface area (Å²) in [5, 5.41) is 11.2. The molecule has 0 heterocycles. The third-order valence-electron chi connectivity index (χ3n) is 4.84. The van der Waals surface area contributed by atoms with Crippen molar-refractivity contribution in [3.8, 4) is 6.07 Å². The van der Waals surface area contributed by atoms with Gasteiger partial charge in [-0.3, -0.25) is 4.79 Å². The lowest BCUT2D eigenvalue weighted by atomic mass is 10.0. The maximum Gasteiger partial charge on any atom is 0.247 e. The molecular weight excluding hydrogens is 332 g/mol. The second kappa shape index (κ2) is 8.33. The fraction of sp³-hybridized carbons (Fsp3) is 0.167. The lowest BCUT2D eigenvalue weighted by Gasteiger charge is -2.27. The van der Waals surface area contributed by atoms with Crippen molar-refractivity contribution in [3.05, 3.63) is 89.5 Å². The molecule has 0 radical (unpaired) electrons. The highest BCUT2D eigenvalue weighted by atomic mass is 16.2. The summed E-state index contributed by atoms with van der Waals surface area (Å²) in [5.41, 5.74) is 2.67. The van der Waals surface area contributed by atoms with Crippen LogP contribution in [0.1, 0.15) is 36.6 Å². The first-order chi connectivity index (χ1) is 13.1. The Morgan fingerprint density at radius 1 is 1.07 bits per heavy atom. The van der Waals surface area contributed by atoms with Crippen LogP contribution in [-0.2, 0) is 4.79 Å². The van der Waals surface area contributed by atoms with Crippen molar-refractivity contribution in [1.29, 1.82) is 5.26 Å². The zero-order chi connectivity index (χ0) is 19.2. The molecule has 1 unspecified atom stereocenters. The Labute approximate surface area is 160 Å². The molecule has 0 saturated carbocycles. The number of likely N-dealkylation sites (N-methyl/N-ethyl adjacent to an activating group) is 1. The van der Waals surface area contributed by atoms with E-state index in [0.717, 1.165) is 21.9 Å². The Morgan fingerprint density at radius 3 is 2.48 bits per heavy atom. The van der Waals surface area contributed by atoms with E-state index in [0.29, 0.717) is 12.1 Å². The van der Waals surface area contributed by atoms with Crippen LogP contribution in [0.15, 0.2) is 72.8 Å². The number of nitrogens with zero attached hydrogens (tertiary/aromatic N) is 2. The number of carbonyl (C=O) groups excluding carboxylic acids is 1. The molecule has 0 aliphatic carbocycles. The molecule has 3 rings (SSSR count). The van der Waals surface area contributed by atoms with Crippen LogP contribution in [0.3, 0.4) is 0 Å². The van der Waals surface area contributed by atoms with Gasteiger partial charge in [0.15, 0.2) is 0 Å². The van der Waals surface area contributed by atoms with Gasteiger partial charge in [-0.25, -0.2) is 0 Å². The number of amides is 1. The summed E-state index contributed by atoms with van der Waals surface area (Å²) in [6.45, 7) is 4.60. The van der Waals surface area contributed by atoms with Crippen LogP contribution in [0.4, 0.5) is 0 Å². The Balaban J connectivity index is 1.81. The zero-order valence-corrected chi connectivity index (χ0v) is 15.6. The standard InChI is InChI=1S/C24H22N2O/c1-3-26(18(2)20-13-11-19(17-25)12-14-20)24(27)16-15-22-9-6-8-21-7-4-5-10-23(21)22/h4-16,18H,3H2,1-2H3/b16-15+. The van der Waals surface area contributed by atoms with Crippen LogP contribution in [0.5, 0.6) is 0 Å². The summed E-state index contributed by atoms with van der Waals surface area (Å²) in [6, 6.07) is 23.7. The van der Waals surface area contributed by atoms with Crippen molar-refractivity contribution in [3.63, 3.8) is 0 Å². The highest BCUT2D eigenvalue weighted by Gasteiger charge is 2.18. The van der Waals surface area contributed by atoms with Crippen LogP contribution in [0, 0.1) is 11.3 Å². The number of nitriles is 1. The molecular formula is C24H22N2O. The molecule has 0 aliphatic rings. The first-order valence-corrected chi connectivity index (χ1v) is 9.10. The van der Waals surface area contributed by atoms with Gasteiger partial charge < -0.3 is 4.90 Å². The monoisotopic (exact) mass is 354 g/mol. The van der Waals surface area contributed by atoms with Crippen molar-refractivity contribution >= 4 is 22.8 Å². The van der Waals surface area contributed by atoms with Crippen LogP contribution < -0.4 is 0 Å². The highest BCUT2D eigenvalue weighted by molar-refractivity contribution is 5.96. The number of fused-ring (bicyclic) bond motifs is 1. The van der Waals surface area contributed by atoms with E-state index in [-0.39, 0.29) is 11.9 Å². The summed E-state index contributed by atoms with van der Waals surface area (Å²) in [5.74, 6) is -0.0257. The Morgan fingerprint density at radius 2 is 1.78 bits per heavy atom. The summed E-state index contributed by atoms with van der Waals surface area (Å²) in [6.07, 6.45) is 3.53. The summed E-state index contributed by atoms with van der Waals surface area (Å²) >= 11 is 0. The first-order valence-electron chi connectivity index (χ1n) is 9.10. The van der Waals surface area contributed by atoms with E-state index >= 15 is 0 Å². The van der Waals surface area contributed by atoms with Crippen LogP contribution >= 0.6 is 0 Å². The predicted molar refractivity (Wildman–Crippen MR) is 110 cm³/mol. The van der Waals surface area contributed by atoms with Gasteiger partial charge in [0.05, 0.1) is 17.7 Å². The average Bonchev–Trinajstić information content (AvgIpc) is 2.72. The molecule has 0 spiro atoms. The molecule has 3 aromatic carbocycles. The number of benzene rings is 3. The second-order valence-corrected chi connectivity index (χ2v) is 6.44. The molecule has 0 bridgehead atoms. The molecule has 0 aromatic heterocycles.